The van der Waals surface area contributed by atoms with Gasteiger partial charge >= 0.3 is 12.1 Å². The number of aryl methyl sites for hydroxylation is 1. The topological polar surface area (TPSA) is 82.6 Å². The minimum absolute atomic E-state index is 0.119. The van der Waals surface area contributed by atoms with E-state index >= 15 is 0 Å². The van der Waals surface area contributed by atoms with Crippen molar-refractivity contribution in [3.63, 3.8) is 0 Å². The number of methoxy groups -OCH3 is 2. The molecule has 0 aliphatic rings. The summed E-state index contributed by atoms with van der Waals surface area (Å²) in [6.07, 6.45) is -3.52. The lowest BCUT2D eigenvalue weighted by molar-refractivity contribution is -0.141. The molecule has 0 saturated heterocycles. The molecule has 0 radical (unpaired) electrons. The Balaban J connectivity index is 1.93. The normalized spacial score (nSPS) is 11.7. The van der Waals surface area contributed by atoms with Crippen molar-refractivity contribution in [3.8, 4) is 5.88 Å². The predicted octanol–water partition coefficient (Wildman–Crippen LogP) is 5.94. The summed E-state index contributed by atoms with van der Waals surface area (Å²) >= 11 is 5.94. The number of halogens is 4. The molecule has 0 atom stereocenters. The predicted molar refractivity (Wildman–Crippen MR) is 124 cm³/mol. The van der Waals surface area contributed by atoms with Gasteiger partial charge < -0.3 is 19.5 Å². The zero-order valence-electron chi connectivity index (χ0n) is 18.9. The molecule has 3 aromatic rings. The number of anilines is 2. The molecule has 3 rings (SSSR count). The van der Waals surface area contributed by atoms with Crippen LogP contribution in [0.25, 0.3) is 5.57 Å². The van der Waals surface area contributed by atoms with Gasteiger partial charge in [-0.3, -0.25) is 0 Å². The van der Waals surface area contributed by atoms with E-state index in [0.717, 1.165) is 0 Å². The molecular formula is C24H21ClF3N3O4. The van der Waals surface area contributed by atoms with Crippen LogP contribution in [0.5, 0.6) is 5.88 Å². The number of nitrogens with one attached hydrogen (secondary N) is 1. The van der Waals surface area contributed by atoms with Gasteiger partial charge in [0, 0.05) is 16.8 Å². The molecule has 0 aliphatic heterocycles. The summed E-state index contributed by atoms with van der Waals surface area (Å²) in [5.41, 5.74) is 1.04. The van der Waals surface area contributed by atoms with Crippen molar-refractivity contribution in [3.05, 3.63) is 82.2 Å². The zero-order chi connectivity index (χ0) is 25.6. The quantitative estimate of drug-likeness (QED) is 0.229. The van der Waals surface area contributed by atoms with Crippen LogP contribution in [0.2, 0.25) is 5.02 Å². The van der Waals surface area contributed by atoms with Crippen LogP contribution in [0.4, 0.5) is 24.8 Å². The van der Waals surface area contributed by atoms with Gasteiger partial charge in [0.05, 0.1) is 20.5 Å². The molecule has 0 spiro atoms. The number of benzene rings is 2. The monoisotopic (exact) mass is 507 g/mol. The van der Waals surface area contributed by atoms with Crippen molar-refractivity contribution in [2.75, 3.05) is 19.5 Å². The average Bonchev–Trinajstić information content (AvgIpc) is 2.82. The third-order valence-electron chi connectivity index (χ3n) is 4.75. The Hall–Kier alpha value is -3.79. The van der Waals surface area contributed by atoms with E-state index in [4.69, 9.17) is 25.8 Å². The largest absolute Gasteiger partial charge is 0.503 e. The summed E-state index contributed by atoms with van der Waals surface area (Å²) in [5.74, 6) is -1.26. The molecule has 0 unspecified atom stereocenters. The van der Waals surface area contributed by atoms with E-state index in [1.807, 2.05) is 0 Å². The second-order valence-electron chi connectivity index (χ2n) is 7.20. The number of carbonyl (C=O) groups is 1. The van der Waals surface area contributed by atoms with Crippen molar-refractivity contribution < 1.29 is 32.2 Å². The SMILES string of the molecule is CO/C=C(/C(=O)OC)c1ccccc1COc1cc(C(F)(F)F)nc(Nc2ccc(Cl)cc2C)n1. The summed E-state index contributed by atoms with van der Waals surface area (Å²) in [4.78, 5) is 19.8. The molecule has 0 aliphatic carbocycles. The Labute approximate surface area is 204 Å². The molecule has 184 valence electrons. The Bertz CT molecular complexity index is 1250. The molecule has 7 nitrogen and oxygen atoms in total. The fourth-order valence-corrected chi connectivity index (χ4v) is 3.32. The van der Waals surface area contributed by atoms with E-state index in [-0.39, 0.29) is 24.0 Å². The Morgan fingerprint density at radius 2 is 1.86 bits per heavy atom. The summed E-state index contributed by atoms with van der Waals surface area (Å²) in [5, 5.41) is 3.25. The third kappa shape index (κ3) is 6.63. The summed E-state index contributed by atoms with van der Waals surface area (Å²) in [6, 6.07) is 12.2. The molecule has 1 N–H and O–H groups in total. The van der Waals surface area contributed by atoms with Gasteiger partial charge in [0.25, 0.3) is 0 Å². The van der Waals surface area contributed by atoms with Gasteiger partial charge in [-0.1, -0.05) is 35.9 Å². The first-order valence-electron chi connectivity index (χ1n) is 10.1. The number of rotatable bonds is 8. The Kier molecular flexibility index (Phi) is 8.18. The highest BCUT2D eigenvalue weighted by Gasteiger charge is 2.34. The van der Waals surface area contributed by atoms with Crippen LogP contribution >= 0.6 is 11.6 Å². The van der Waals surface area contributed by atoms with E-state index in [1.54, 1.807) is 49.4 Å². The fourth-order valence-electron chi connectivity index (χ4n) is 3.10. The zero-order valence-corrected chi connectivity index (χ0v) is 19.7. The first-order valence-corrected chi connectivity index (χ1v) is 10.5. The van der Waals surface area contributed by atoms with Gasteiger partial charge in [-0.15, -0.1) is 0 Å². The van der Waals surface area contributed by atoms with Crippen molar-refractivity contribution in [2.45, 2.75) is 19.7 Å². The van der Waals surface area contributed by atoms with E-state index in [9.17, 15) is 18.0 Å². The molecule has 2 aromatic carbocycles. The highest BCUT2D eigenvalue weighted by atomic mass is 35.5. The number of alkyl halides is 3. The van der Waals surface area contributed by atoms with Crippen LogP contribution in [0.3, 0.4) is 0 Å². The Morgan fingerprint density at radius 3 is 2.51 bits per heavy atom. The van der Waals surface area contributed by atoms with Crippen LogP contribution in [0, 0.1) is 6.92 Å². The molecule has 11 heteroatoms. The minimum atomic E-state index is -4.73. The highest BCUT2D eigenvalue weighted by molar-refractivity contribution is 6.30. The first-order chi connectivity index (χ1) is 16.6. The van der Waals surface area contributed by atoms with E-state index in [1.165, 1.54) is 20.5 Å². The second kappa shape index (κ2) is 11.1. The lowest BCUT2D eigenvalue weighted by Gasteiger charge is -2.15. The number of ether oxygens (including phenoxy) is 3. The fraction of sp³-hybridized carbons (Fsp3) is 0.208. The smallest absolute Gasteiger partial charge is 0.433 e. The van der Waals surface area contributed by atoms with Gasteiger partial charge in [-0.25, -0.2) is 9.78 Å². The van der Waals surface area contributed by atoms with Gasteiger partial charge in [0.2, 0.25) is 11.8 Å². The van der Waals surface area contributed by atoms with Crippen LogP contribution in [-0.4, -0.2) is 30.2 Å². The summed E-state index contributed by atoms with van der Waals surface area (Å²) in [7, 11) is 2.60. The summed E-state index contributed by atoms with van der Waals surface area (Å²) in [6.45, 7) is 1.55. The second-order valence-corrected chi connectivity index (χ2v) is 7.64. The molecular weight excluding hydrogens is 487 g/mol. The van der Waals surface area contributed by atoms with Gasteiger partial charge in [-0.05, 0) is 41.8 Å². The molecule has 1 heterocycles. The van der Waals surface area contributed by atoms with Crippen LogP contribution in [0.1, 0.15) is 22.4 Å². The van der Waals surface area contributed by atoms with E-state index in [2.05, 4.69) is 15.3 Å². The molecule has 1 aromatic heterocycles. The highest BCUT2D eigenvalue weighted by Crippen LogP contribution is 2.32. The third-order valence-corrected chi connectivity index (χ3v) is 4.99. The molecule has 35 heavy (non-hydrogen) atoms. The molecule has 0 bridgehead atoms. The van der Waals surface area contributed by atoms with Crippen LogP contribution in [0.15, 0.2) is 54.8 Å². The summed E-state index contributed by atoms with van der Waals surface area (Å²) < 4.78 is 55.9. The number of hydrogen-bond donors (Lipinski definition) is 1. The maximum absolute atomic E-state index is 13.5. The van der Waals surface area contributed by atoms with Crippen molar-refractivity contribution in [2.24, 2.45) is 0 Å². The Morgan fingerprint density at radius 1 is 1.11 bits per heavy atom. The van der Waals surface area contributed by atoms with Crippen LogP contribution in [-0.2, 0) is 27.1 Å². The lowest BCUT2D eigenvalue weighted by atomic mass is 10.0. The molecule has 0 amide bonds. The number of carbonyl (C=O) groups excluding carboxylic acids is 1. The molecule has 0 saturated carbocycles. The lowest BCUT2D eigenvalue weighted by Crippen LogP contribution is -2.13. The maximum atomic E-state index is 13.5. The van der Waals surface area contributed by atoms with Crippen molar-refractivity contribution in [1.29, 1.82) is 0 Å². The van der Waals surface area contributed by atoms with Gasteiger partial charge in [0.15, 0.2) is 5.69 Å². The van der Waals surface area contributed by atoms with Crippen molar-refractivity contribution >= 4 is 34.8 Å². The van der Waals surface area contributed by atoms with Crippen molar-refractivity contribution in [1.82, 2.24) is 9.97 Å². The average molecular weight is 508 g/mol. The van der Waals surface area contributed by atoms with Gasteiger partial charge in [0.1, 0.15) is 12.2 Å². The number of hydrogen-bond acceptors (Lipinski definition) is 7. The van der Waals surface area contributed by atoms with E-state index in [0.29, 0.717) is 33.5 Å². The molecule has 0 fully saturated rings. The van der Waals surface area contributed by atoms with Gasteiger partial charge in [-0.2, -0.15) is 18.2 Å². The first kappa shape index (κ1) is 25.8. The standard InChI is InChI=1S/C24H21ClF3N3O4/c1-14-10-16(25)8-9-19(14)29-23-30-20(24(26,27)28)11-21(31-23)35-12-15-6-4-5-7-17(15)18(13-33-2)22(32)34-3/h4-11,13H,12H2,1-3H3,(H,29,30,31)/b18-13+. The number of aromatic nitrogens is 2. The van der Waals surface area contributed by atoms with Crippen LogP contribution < -0.4 is 10.1 Å². The minimum Gasteiger partial charge on any atom is -0.503 e. The number of esters is 1. The number of nitrogens with zero attached hydrogens (tertiary/aromatic N) is 2. The van der Waals surface area contributed by atoms with E-state index < -0.39 is 17.8 Å². The maximum Gasteiger partial charge on any atom is 0.433 e.